The normalized spacial score (nSPS) is 15.4. The van der Waals surface area contributed by atoms with E-state index in [0.717, 1.165) is 18.4 Å². The van der Waals surface area contributed by atoms with Gasteiger partial charge in [-0.2, -0.15) is 0 Å². The summed E-state index contributed by atoms with van der Waals surface area (Å²) in [7, 11) is 0. The predicted molar refractivity (Wildman–Crippen MR) is 128 cm³/mol. The maximum Gasteiger partial charge on any atom is 0.243 e. The minimum atomic E-state index is -0.913. The number of benzene rings is 1. The lowest BCUT2D eigenvalue weighted by Gasteiger charge is -2.25. The fraction of sp³-hybridized carbons (Fsp3) is 0.583. The number of rotatable bonds is 15. The Morgan fingerprint density at radius 1 is 0.970 bits per heavy atom. The van der Waals surface area contributed by atoms with Crippen molar-refractivity contribution in [2.24, 2.45) is 17.4 Å². The maximum absolute atomic E-state index is 13.0. The molecule has 0 radical (unpaired) electrons. The molecule has 33 heavy (non-hydrogen) atoms. The number of unbranched alkanes of at least 4 members (excludes halogenated alkanes) is 1. The smallest absolute Gasteiger partial charge is 0.243 e. The second kappa shape index (κ2) is 15.1. The molecule has 9 heteroatoms. The first-order chi connectivity index (χ1) is 15.7. The predicted octanol–water partition coefficient (Wildman–Crippen LogP) is 0.405. The number of amides is 3. The van der Waals surface area contributed by atoms with E-state index >= 15 is 0 Å². The van der Waals surface area contributed by atoms with Gasteiger partial charge in [0.05, 0.1) is 12.1 Å². The molecule has 1 aromatic rings. The number of carbonyl (C=O) groups is 4. The van der Waals surface area contributed by atoms with Crippen LogP contribution in [0.5, 0.6) is 0 Å². The number of hydrogen-bond donors (Lipinski definition) is 5. The van der Waals surface area contributed by atoms with E-state index in [2.05, 4.69) is 16.0 Å². The Hall–Kier alpha value is -2.78. The van der Waals surface area contributed by atoms with Gasteiger partial charge in [-0.25, -0.2) is 0 Å². The van der Waals surface area contributed by atoms with Gasteiger partial charge in [-0.05, 0) is 37.8 Å². The van der Waals surface area contributed by atoms with Gasteiger partial charge in [0.1, 0.15) is 18.4 Å². The molecule has 9 nitrogen and oxygen atoms in total. The lowest BCUT2D eigenvalue weighted by molar-refractivity contribution is -0.132. The van der Waals surface area contributed by atoms with Crippen LogP contribution in [0.25, 0.3) is 0 Å². The summed E-state index contributed by atoms with van der Waals surface area (Å²) in [5, 5.41) is 8.04. The maximum atomic E-state index is 13.0. The summed E-state index contributed by atoms with van der Waals surface area (Å²) < 4.78 is 0. The van der Waals surface area contributed by atoms with Crippen LogP contribution in [0, 0.1) is 5.92 Å². The van der Waals surface area contributed by atoms with Crippen molar-refractivity contribution in [2.75, 3.05) is 6.54 Å². The van der Waals surface area contributed by atoms with Gasteiger partial charge in [-0.3, -0.25) is 14.4 Å². The molecule has 1 rings (SSSR count). The quantitative estimate of drug-likeness (QED) is 0.188. The molecule has 0 aliphatic heterocycles. The standard InChI is InChI=1S/C24H39N5O4/c1-4-16(2)21(15-30)29-24(33)20(14-18-10-6-5-7-11-18)28-22(31)17(3)27-23(32)19(26)12-8-9-13-25/h5-7,10-11,15-17,19-21H,4,8-9,12-14,25-26H2,1-3H3,(H,27,32)(H,28,31)(H,29,33)/t16-,17-,19-,20-,21+/m0/s1. The molecule has 0 heterocycles. The molecular formula is C24H39N5O4. The van der Waals surface area contributed by atoms with E-state index in [9.17, 15) is 19.2 Å². The van der Waals surface area contributed by atoms with Crippen LogP contribution in [0.4, 0.5) is 0 Å². The molecule has 1 aromatic carbocycles. The summed E-state index contributed by atoms with van der Waals surface area (Å²) in [5.41, 5.74) is 12.2. The minimum absolute atomic E-state index is 0.0431. The van der Waals surface area contributed by atoms with Crippen molar-refractivity contribution < 1.29 is 19.2 Å². The van der Waals surface area contributed by atoms with Crippen molar-refractivity contribution in [1.29, 1.82) is 0 Å². The minimum Gasteiger partial charge on any atom is -0.345 e. The Bertz CT molecular complexity index is 758. The highest BCUT2D eigenvalue weighted by atomic mass is 16.2. The van der Waals surface area contributed by atoms with Crippen molar-refractivity contribution in [3.8, 4) is 0 Å². The van der Waals surface area contributed by atoms with Gasteiger partial charge in [-0.15, -0.1) is 0 Å². The van der Waals surface area contributed by atoms with Gasteiger partial charge in [0, 0.05) is 6.42 Å². The van der Waals surface area contributed by atoms with Crippen LogP contribution < -0.4 is 27.4 Å². The van der Waals surface area contributed by atoms with Crippen LogP contribution in [0.3, 0.4) is 0 Å². The molecule has 7 N–H and O–H groups in total. The molecule has 0 fully saturated rings. The van der Waals surface area contributed by atoms with Crippen molar-refractivity contribution in [3.05, 3.63) is 35.9 Å². The van der Waals surface area contributed by atoms with Crippen LogP contribution in [0.15, 0.2) is 30.3 Å². The second-order valence-electron chi connectivity index (χ2n) is 8.43. The Labute approximate surface area is 196 Å². The topological polar surface area (TPSA) is 156 Å². The third kappa shape index (κ3) is 10.1. The highest BCUT2D eigenvalue weighted by Gasteiger charge is 2.28. The summed E-state index contributed by atoms with van der Waals surface area (Å²) in [6.07, 6.45) is 3.63. The number of hydrogen-bond acceptors (Lipinski definition) is 6. The first kappa shape index (κ1) is 28.3. The van der Waals surface area contributed by atoms with Crippen molar-refractivity contribution in [3.63, 3.8) is 0 Å². The molecule has 0 aliphatic carbocycles. The van der Waals surface area contributed by atoms with Crippen molar-refractivity contribution in [1.82, 2.24) is 16.0 Å². The molecule has 0 bridgehead atoms. The van der Waals surface area contributed by atoms with E-state index < -0.39 is 41.9 Å². The zero-order valence-corrected chi connectivity index (χ0v) is 19.9. The van der Waals surface area contributed by atoms with Gasteiger partial charge >= 0.3 is 0 Å². The van der Waals surface area contributed by atoms with Crippen LogP contribution >= 0.6 is 0 Å². The average Bonchev–Trinajstić information content (AvgIpc) is 2.81. The lowest BCUT2D eigenvalue weighted by Crippen LogP contribution is -2.56. The van der Waals surface area contributed by atoms with E-state index in [4.69, 9.17) is 11.5 Å². The number of nitrogens with one attached hydrogen (secondary N) is 3. The molecule has 0 saturated heterocycles. The zero-order valence-electron chi connectivity index (χ0n) is 19.9. The molecule has 3 amide bonds. The molecule has 5 atom stereocenters. The average molecular weight is 462 g/mol. The summed E-state index contributed by atoms with van der Waals surface area (Å²) in [6, 6.07) is 6.05. The van der Waals surface area contributed by atoms with E-state index in [1.165, 1.54) is 6.92 Å². The molecule has 0 saturated carbocycles. The van der Waals surface area contributed by atoms with Crippen molar-refractivity contribution >= 4 is 24.0 Å². The number of nitrogens with two attached hydrogens (primary N) is 2. The largest absolute Gasteiger partial charge is 0.345 e. The van der Waals surface area contributed by atoms with E-state index in [-0.39, 0.29) is 12.3 Å². The van der Waals surface area contributed by atoms with E-state index in [1.54, 1.807) is 0 Å². The van der Waals surface area contributed by atoms with Gasteiger partial charge in [0.2, 0.25) is 17.7 Å². The summed E-state index contributed by atoms with van der Waals surface area (Å²) in [4.78, 5) is 49.5. The lowest BCUT2D eigenvalue weighted by atomic mass is 9.99. The zero-order chi connectivity index (χ0) is 24.8. The first-order valence-electron chi connectivity index (χ1n) is 11.6. The van der Waals surface area contributed by atoms with E-state index in [1.807, 2.05) is 44.2 Å². The molecular weight excluding hydrogens is 422 g/mol. The Kier molecular flexibility index (Phi) is 13.0. The monoisotopic (exact) mass is 461 g/mol. The van der Waals surface area contributed by atoms with Crippen LogP contribution in [-0.2, 0) is 25.6 Å². The fourth-order valence-corrected chi connectivity index (χ4v) is 3.21. The number of carbonyl (C=O) groups excluding carboxylic acids is 4. The Morgan fingerprint density at radius 2 is 1.64 bits per heavy atom. The van der Waals surface area contributed by atoms with Crippen LogP contribution in [0.2, 0.25) is 0 Å². The SMILES string of the molecule is CC[C@H](C)[C@@H](C=O)NC(=O)[C@H](Cc1ccccc1)NC(=O)[C@H](C)NC(=O)[C@@H](N)CCCCN. The number of aldehydes is 1. The molecule has 0 aromatic heterocycles. The molecule has 0 unspecified atom stereocenters. The molecule has 0 spiro atoms. The van der Waals surface area contributed by atoms with Crippen LogP contribution in [-0.4, -0.2) is 54.7 Å². The van der Waals surface area contributed by atoms with Gasteiger partial charge in [-0.1, -0.05) is 57.0 Å². The summed E-state index contributed by atoms with van der Waals surface area (Å²) in [6.45, 7) is 5.87. The third-order valence-electron chi connectivity index (χ3n) is 5.69. The first-order valence-corrected chi connectivity index (χ1v) is 11.6. The Morgan fingerprint density at radius 3 is 2.21 bits per heavy atom. The highest BCUT2D eigenvalue weighted by molar-refractivity contribution is 5.93. The second-order valence-corrected chi connectivity index (χ2v) is 8.43. The molecule has 184 valence electrons. The van der Waals surface area contributed by atoms with Gasteiger partial charge in [0.25, 0.3) is 0 Å². The van der Waals surface area contributed by atoms with Crippen LogP contribution in [0.1, 0.15) is 52.0 Å². The van der Waals surface area contributed by atoms with Gasteiger partial charge < -0.3 is 32.2 Å². The molecule has 0 aliphatic rings. The fourth-order valence-electron chi connectivity index (χ4n) is 3.21. The van der Waals surface area contributed by atoms with Crippen molar-refractivity contribution in [2.45, 2.75) is 77.0 Å². The van der Waals surface area contributed by atoms with Gasteiger partial charge in [0.15, 0.2) is 0 Å². The summed E-state index contributed by atoms with van der Waals surface area (Å²) in [5.74, 6) is -1.45. The third-order valence-corrected chi connectivity index (χ3v) is 5.69. The summed E-state index contributed by atoms with van der Waals surface area (Å²) >= 11 is 0. The van der Waals surface area contributed by atoms with E-state index in [0.29, 0.717) is 25.7 Å². The Balaban J connectivity index is 2.84. The highest BCUT2D eigenvalue weighted by Crippen LogP contribution is 2.08.